The van der Waals surface area contributed by atoms with Crippen molar-refractivity contribution in [2.24, 2.45) is 40.4 Å². The monoisotopic (exact) mass is 428 g/mol. The molecule has 0 aromatic heterocycles. The minimum absolute atomic E-state index is 0.165. The van der Waals surface area contributed by atoms with Crippen LogP contribution in [0.2, 0.25) is 0 Å². The normalized spacial score (nSPS) is 58.4. The summed E-state index contributed by atoms with van der Waals surface area (Å²) >= 11 is 0. The van der Waals surface area contributed by atoms with Crippen molar-refractivity contribution in [2.75, 3.05) is 6.61 Å². The summed E-state index contributed by atoms with van der Waals surface area (Å²) in [6.07, 6.45) is 9.75. The Morgan fingerprint density at radius 1 is 1.13 bits per heavy atom. The first-order chi connectivity index (χ1) is 14.7. The average Bonchev–Trinajstić information content (AvgIpc) is 3.16. The molecule has 6 rings (SSSR count). The van der Waals surface area contributed by atoms with Gasteiger partial charge in [-0.05, 0) is 67.6 Å². The predicted octanol–water partition coefficient (Wildman–Crippen LogP) is 4.60. The van der Waals surface area contributed by atoms with Crippen molar-refractivity contribution in [1.82, 2.24) is 0 Å². The van der Waals surface area contributed by atoms with E-state index < -0.39 is 11.9 Å². The number of aliphatic hydroxyl groups excluding tert-OH is 2. The molecule has 6 aliphatic rings. The van der Waals surface area contributed by atoms with Crippen LogP contribution < -0.4 is 0 Å². The van der Waals surface area contributed by atoms with Crippen LogP contribution in [-0.4, -0.2) is 40.9 Å². The van der Waals surface area contributed by atoms with Crippen LogP contribution in [0.5, 0.6) is 0 Å². The quantitative estimate of drug-likeness (QED) is 0.554. The first kappa shape index (κ1) is 20.9. The molecule has 0 aromatic rings. The highest BCUT2D eigenvalue weighted by Crippen LogP contribution is 2.70. The summed E-state index contributed by atoms with van der Waals surface area (Å²) < 4.78 is 13.2. The lowest BCUT2D eigenvalue weighted by Crippen LogP contribution is -2.56. The minimum atomic E-state index is -0.428. The SMILES string of the molecule is C=C1CC[C@@]2(OC1)O[C@H]1C[C@@H]3[C@@H]4CC=C5C[C@@H](O)C[C@@H](O)[C@]5(C)[C@@H]4CC[C@]3(C)[C@H]1[C@@H]2C. The van der Waals surface area contributed by atoms with Crippen molar-refractivity contribution in [3.05, 3.63) is 23.8 Å². The van der Waals surface area contributed by atoms with E-state index in [1.165, 1.54) is 24.0 Å². The smallest absolute Gasteiger partial charge is 0.172 e. The summed E-state index contributed by atoms with van der Waals surface area (Å²) in [6.45, 7) is 12.0. The van der Waals surface area contributed by atoms with Crippen molar-refractivity contribution in [3.8, 4) is 0 Å². The van der Waals surface area contributed by atoms with E-state index in [0.717, 1.165) is 32.1 Å². The fourth-order valence-electron chi connectivity index (χ4n) is 9.55. The highest BCUT2D eigenvalue weighted by atomic mass is 16.7. The van der Waals surface area contributed by atoms with Gasteiger partial charge in [-0.1, -0.05) is 44.6 Å². The Labute approximate surface area is 187 Å². The standard InChI is InChI=1S/C27H40O4/c1-15-7-10-27(30-14-15)16(2)24-22(31-27)13-21-19-6-5-17-11-18(28)12-23(29)26(17,4)20(19)8-9-25(21,24)3/h5,16,18-24,28-29H,1,6-14H2,2-4H3/t16-,18+,19+,20+,21+,22-,23+,24-,25-,26-,27+/m0/s1. The fourth-order valence-corrected chi connectivity index (χ4v) is 9.55. The van der Waals surface area contributed by atoms with Gasteiger partial charge in [0.15, 0.2) is 5.79 Å². The maximum atomic E-state index is 11.1. The van der Waals surface area contributed by atoms with Crippen LogP contribution in [0.4, 0.5) is 0 Å². The molecule has 2 saturated heterocycles. The molecule has 0 bridgehead atoms. The molecule has 5 fully saturated rings. The van der Waals surface area contributed by atoms with Crippen LogP contribution in [0.25, 0.3) is 0 Å². The van der Waals surface area contributed by atoms with Gasteiger partial charge >= 0.3 is 0 Å². The highest BCUT2D eigenvalue weighted by Gasteiger charge is 2.69. The molecule has 2 aliphatic heterocycles. The van der Waals surface area contributed by atoms with Crippen LogP contribution in [0, 0.1) is 40.4 Å². The Bertz CT molecular complexity index is 808. The Hall–Kier alpha value is -0.680. The zero-order chi connectivity index (χ0) is 21.8. The molecule has 0 unspecified atom stereocenters. The van der Waals surface area contributed by atoms with Gasteiger partial charge in [-0.25, -0.2) is 0 Å². The van der Waals surface area contributed by atoms with Crippen molar-refractivity contribution in [2.45, 2.75) is 96.2 Å². The molecule has 0 aromatic carbocycles. The Kier molecular flexibility index (Phi) is 4.50. The molecular formula is C27H40O4. The number of hydrogen-bond acceptors (Lipinski definition) is 4. The molecule has 0 amide bonds. The summed E-state index contributed by atoms with van der Waals surface area (Å²) in [5, 5.41) is 21.4. The zero-order valence-corrected chi connectivity index (χ0v) is 19.5. The van der Waals surface area contributed by atoms with E-state index in [4.69, 9.17) is 9.47 Å². The average molecular weight is 429 g/mol. The van der Waals surface area contributed by atoms with Gasteiger partial charge in [0.25, 0.3) is 0 Å². The van der Waals surface area contributed by atoms with E-state index in [9.17, 15) is 10.2 Å². The van der Waals surface area contributed by atoms with Crippen LogP contribution in [0.15, 0.2) is 23.8 Å². The van der Waals surface area contributed by atoms with Gasteiger partial charge in [0, 0.05) is 24.2 Å². The van der Waals surface area contributed by atoms with Crippen molar-refractivity contribution in [3.63, 3.8) is 0 Å². The van der Waals surface area contributed by atoms with E-state index in [1.807, 2.05) is 0 Å². The first-order valence-corrected chi connectivity index (χ1v) is 12.7. The van der Waals surface area contributed by atoms with Crippen molar-refractivity contribution in [1.29, 1.82) is 0 Å². The lowest BCUT2D eigenvalue weighted by atomic mass is 9.46. The first-order valence-electron chi connectivity index (χ1n) is 12.7. The van der Waals surface area contributed by atoms with E-state index in [1.54, 1.807) is 0 Å². The molecule has 31 heavy (non-hydrogen) atoms. The molecule has 4 aliphatic carbocycles. The van der Waals surface area contributed by atoms with E-state index >= 15 is 0 Å². The fraction of sp³-hybridized carbons (Fsp3) is 0.852. The second kappa shape index (κ2) is 6.68. The van der Waals surface area contributed by atoms with Gasteiger partial charge in [0.1, 0.15) is 0 Å². The van der Waals surface area contributed by atoms with Crippen LogP contribution in [0.3, 0.4) is 0 Å². The van der Waals surface area contributed by atoms with Gasteiger partial charge in [0.2, 0.25) is 0 Å². The van der Waals surface area contributed by atoms with E-state index in [2.05, 4.69) is 33.4 Å². The molecule has 2 N–H and O–H groups in total. The third-order valence-corrected chi connectivity index (χ3v) is 11.2. The van der Waals surface area contributed by atoms with E-state index in [-0.39, 0.29) is 16.9 Å². The topological polar surface area (TPSA) is 58.9 Å². The van der Waals surface area contributed by atoms with Crippen LogP contribution >= 0.6 is 0 Å². The second-order valence-electron chi connectivity index (χ2n) is 12.3. The van der Waals surface area contributed by atoms with Crippen LogP contribution in [0.1, 0.15) is 72.1 Å². The third kappa shape index (κ3) is 2.62. The molecule has 11 atom stereocenters. The number of rotatable bonds is 0. The maximum Gasteiger partial charge on any atom is 0.172 e. The molecule has 172 valence electrons. The van der Waals surface area contributed by atoms with Gasteiger partial charge in [-0.3, -0.25) is 0 Å². The summed E-state index contributed by atoms with van der Waals surface area (Å²) in [4.78, 5) is 0. The largest absolute Gasteiger partial charge is 0.393 e. The van der Waals surface area contributed by atoms with Crippen molar-refractivity contribution < 1.29 is 19.7 Å². The van der Waals surface area contributed by atoms with E-state index in [0.29, 0.717) is 48.7 Å². The predicted molar refractivity (Wildman–Crippen MR) is 119 cm³/mol. The molecular weight excluding hydrogens is 388 g/mol. The third-order valence-electron chi connectivity index (χ3n) is 11.2. The van der Waals surface area contributed by atoms with Crippen LogP contribution in [-0.2, 0) is 9.47 Å². The lowest BCUT2D eigenvalue weighted by Gasteiger charge is -2.59. The molecule has 4 heteroatoms. The molecule has 2 heterocycles. The number of hydrogen-bond donors (Lipinski definition) is 2. The Morgan fingerprint density at radius 3 is 2.68 bits per heavy atom. The number of fused-ring (bicyclic) bond motifs is 7. The molecule has 3 saturated carbocycles. The summed E-state index contributed by atoms with van der Waals surface area (Å²) in [5.74, 6) is 2.35. The molecule has 4 nitrogen and oxygen atoms in total. The maximum absolute atomic E-state index is 11.1. The highest BCUT2D eigenvalue weighted by molar-refractivity contribution is 5.28. The summed E-state index contributed by atoms with van der Waals surface area (Å²) in [6, 6.07) is 0. The summed E-state index contributed by atoms with van der Waals surface area (Å²) in [5.41, 5.74) is 2.63. The van der Waals surface area contributed by atoms with Gasteiger partial charge in [-0.2, -0.15) is 0 Å². The number of allylic oxidation sites excluding steroid dienone is 1. The molecule has 0 radical (unpaired) electrons. The lowest BCUT2D eigenvalue weighted by molar-refractivity contribution is -0.255. The Morgan fingerprint density at radius 2 is 1.94 bits per heavy atom. The number of ether oxygens (including phenoxy) is 2. The van der Waals surface area contributed by atoms with Gasteiger partial charge in [-0.15, -0.1) is 0 Å². The summed E-state index contributed by atoms with van der Waals surface area (Å²) in [7, 11) is 0. The van der Waals surface area contributed by atoms with Gasteiger partial charge in [0.05, 0.1) is 24.9 Å². The number of aliphatic hydroxyl groups is 2. The van der Waals surface area contributed by atoms with Gasteiger partial charge < -0.3 is 19.7 Å². The Balaban J connectivity index is 1.30. The minimum Gasteiger partial charge on any atom is -0.393 e. The zero-order valence-electron chi connectivity index (χ0n) is 19.5. The second-order valence-corrected chi connectivity index (χ2v) is 12.3. The van der Waals surface area contributed by atoms with Crippen molar-refractivity contribution >= 4 is 0 Å². The molecule has 1 spiro atoms.